The van der Waals surface area contributed by atoms with E-state index >= 15 is 0 Å². The van der Waals surface area contributed by atoms with Crippen LogP contribution in [0.15, 0.2) is 54.6 Å². The summed E-state index contributed by atoms with van der Waals surface area (Å²) in [6.45, 7) is -0.416. The third-order valence-corrected chi connectivity index (χ3v) is 3.85. The molecule has 0 unspecified atom stereocenters. The van der Waals surface area contributed by atoms with Crippen LogP contribution >= 0.6 is 0 Å². The van der Waals surface area contributed by atoms with Gasteiger partial charge in [0.15, 0.2) is 0 Å². The summed E-state index contributed by atoms with van der Waals surface area (Å²) < 4.78 is 5.06. The summed E-state index contributed by atoms with van der Waals surface area (Å²) in [6, 6.07) is 14.7. The molecule has 6 nitrogen and oxygen atoms in total. The highest BCUT2D eigenvalue weighted by molar-refractivity contribution is 5.65. The van der Waals surface area contributed by atoms with Gasteiger partial charge >= 0.3 is 6.09 Å². The Morgan fingerprint density at radius 2 is 1.75 bits per heavy atom. The van der Waals surface area contributed by atoms with Gasteiger partial charge in [-0.2, -0.15) is 0 Å². The molecular formula is C18H21NO5. The first-order valence-corrected chi connectivity index (χ1v) is 7.53. The second kappa shape index (κ2) is 8.33. The van der Waals surface area contributed by atoms with E-state index in [4.69, 9.17) is 4.74 Å². The Morgan fingerprint density at radius 1 is 1.12 bits per heavy atom. The lowest BCUT2D eigenvalue weighted by atomic mass is 10.0. The van der Waals surface area contributed by atoms with Crippen LogP contribution in [0.4, 0.5) is 4.79 Å². The third-order valence-electron chi connectivity index (χ3n) is 3.85. The lowest BCUT2D eigenvalue weighted by Gasteiger charge is -2.32. The second-order valence-corrected chi connectivity index (χ2v) is 5.36. The van der Waals surface area contributed by atoms with Gasteiger partial charge in [0.1, 0.15) is 11.9 Å². The van der Waals surface area contributed by atoms with Crippen molar-refractivity contribution in [2.24, 2.45) is 0 Å². The molecule has 24 heavy (non-hydrogen) atoms. The number of carboxylic acid groups (broad SMARTS) is 1. The lowest BCUT2D eigenvalue weighted by molar-refractivity contribution is 0.0152. The van der Waals surface area contributed by atoms with Crippen molar-refractivity contribution in [3.63, 3.8) is 0 Å². The van der Waals surface area contributed by atoms with Gasteiger partial charge in [-0.3, -0.25) is 4.90 Å². The summed E-state index contributed by atoms with van der Waals surface area (Å²) >= 11 is 0. The van der Waals surface area contributed by atoms with E-state index in [1.165, 1.54) is 7.11 Å². The Balaban J connectivity index is 2.22. The molecule has 0 heterocycles. The van der Waals surface area contributed by atoms with Gasteiger partial charge in [0.05, 0.1) is 19.8 Å². The van der Waals surface area contributed by atoms with E-state index in [1.54, 1.807) is 36.4 Å². The molecule has 1 amide bonds. The van der Waals surface area contributed by atoms with Crippen molar-refractivity contribution >= 4 is 6.09 Å². The average Bonchev–Trinajstić information content (AvgIpc) is 2.62. The molecular weight excluding hydrogens is 310 g/mol. The number of nitrogens with zero attached hydrogens (tertiary/aromatic N) is 1. The van der Waals surface area contributed by atoms with Crippen LogP contribution in [0.3, 0.4) is 0 Å². The SMILES string of the molecule is COc1ccc([C@@H](O)[C@@H](CO)N(Cc2ccccc2)C(=O)O)cc1. The first kappa shape index (κ1) is 17.8. The van der Waals surface area contributed by atoms with Gasteiger partial charge in [-0.15, -0.1) is 0 Å². The maximum Gasteiger partial charge on any atom is 0.408 e. The Morgan fingerprint density at radius 3 is 2.25 bits per heavy atom. The van der Waals surface area contributed by atoms with E-state index < -0.39 is 24.8 Å². The zero-order chi connectivity index (χ0) is 17.5. The maximum absolute atomic E-state index is 11.6. The second-order valence-electron chi connectivity index (χ2n) is 5.36. The highest BCUT2D eigenvalue weighted by Gasteiger charge is 2.30. The van der Waals surface area contributed by atoms with Crippen molar-refractivity contribution in [2.75, 3.05) is 13.7 Å². The predicted octanol–water partition coefficient (Wildman–Crippen LogP) is 2.27. The number of benzene rings is 2. The van der Waals surface area contributed by atoms with Crippen LogP contribution in [0.5, 0.6) is 5.75 Å². The summed E-state index contributed by atoms with van der Waals surface area (Å²) in [5, 5.41) is 29.7. The Hall–Kier alpha value is -2.57. The summed E-state index contributed by atoms with van der Waals surface area (Å²) in [7, 11) is 1.54. The minimum absolute atomic E-state index is 0.0780. The molecule has 0 radical (unpaired) electrons. The fraction of sp³-hybridized carbons (Fsp3) is 0.278. The molecule has 3 N–H and O–H groups in total. The van der Waals surface area contributed by atoms with Crippen molar-refractivity contribution in [2.45, 2.75) is 18.7 Å². The molecule has 0 aliphatic rings. The van der Waals surface area contributed by atoms with Gasteiger partial charge in [-0.1, -0.05) is 42.5 Å². The van der Waals surface area contributed by atoms with Gasteiger partial charge in [-0.05, 0) is 23.3 Å². The van der Waals surface area contributed by atoms with Crippen LogP contribution in [-0.4, -0.2) is 46.1 Å². The Bertz CT molecular complexity index is 644. The Labute approximate surface area is 140 Å². The predicted molar refractivity (Wildman–Crippen MR) is 88.8 cm³/mol. The summed E-state index contributed by atoms with van der Waals surface area (Å²) in [4.78, 5) is 12.7. The third kappa shape index (κ3) is 4.24. The molecule has 6 heteroatoms. The molecule has 0 aromatic heterocycles. The summed E-state index contributed by atoms with van der Waals surface area (Å²) in [5.74, 6) is 0.630. The number of hydrogen-bond acceptors (Lipinski definition) is 4. The van der Waals surface area contributed by atoms with Crippen LogP contribution in [0.25, 0.3) is 0 Å². The van der Waals surface area contributed by atoms with Crippen LogP contribution < -0.4 is 4.74 Å². The van der Waals surface area contributed by atoms with E-state index in [0.717, 1.165) is 10.5 Å². The van der Waals surface area contributed by atoms with Gasteiger partial charge < -0.3 is 20.1 Å². The first-order chi connectivity index (χ1) is 11.6. The molecule has 2 aromatic rings. The number of rotatable bonds is 7. The summed E-state index contributed by atoms with van der Waals surface area (Å²) in [6.07, 6.45) is -2.36. The van der Waals surface area contributed by atoms with E-state index in [0.29, 0.717) is 11.3 Å². The molecule has 2 rings (SSSR count). The molecule has 128 valence electrons. The molecule has 0 fully saturated rings. The van der Waals surface area contributed by atoms with Crippen LogP contribution in [0, 0.1) is 0 Å². The minimum Gasteiger partial charge on any atom is -0.497 e. The highest BCUT2D eigenvalue weighted by Crippen LogP contribution is 2.24. The number of aliphatic hydroxyl groups excluding tert-OH is 2. The number of methoxy groups -OCH3 is 1. The fourth-order valence-electron chi connectivity index (χ4n) is 2.50. The number of amides is 1. The van der Waals surface area contributed by atoms with E-state index in [-0.39, 0.29) is 6.54 Å². The molecule has 0 saturated carbocycles. The molecule has 2 atom stereocenters. The minimum atomic E-state index is -1.20. The van der Waals surface area contributed by atoms with Gasteiger partial charge in [0.25, 0.3) is 0 Å². The van der Waals surface area contributed by atoms with Gasteiger partial charge in [0.2, 0.25) is 0 Å². The summed E-state index contributed by atoms with van der Waals surface area (Å²) in [5.41, 5.74) is 1.29. The van der Waals surface area contributed by atoms with Crippen molar-refractivity contribution in [3.05, 3.63) is 65.7 Å². The molecule has 0 spiro atoms. The molecule has 0 aliphatic heterocycles. The van der Waals surface area contributed by atoms with E-state index in [2.05, 4.69) is 0 Å². The topological polar surface area (TPSA) is 90.2 Å². The maximum atomic E-state index is 11.6. The van der Waals surface area contributed by atoms with Crippen molar-refractivity contribution in [1.29, 1.82) is 0 Å². The first-order valence-electron chi connectivity index (χ1n) is 7.53. The number of aliphatic hydroxyl groups is 2. The van der Waals surface area contributed by atoms with Gasteiger partial charge in [-0.25, -0.2) is 4.79 Å². The van der Waals surface area contributed by atoms with Crippen LogP contribution in [0.2, 0.25) is 0 Å². The molecule has 0 aliphatic carbocycles. The highest BCUT2D eigenvalue weighted by atomic mass is 16.5. The molecule has 0 saturated heterocycles. The number of carbonyl (C=O) groups is 1. The van der Waals surface area contributed by atoms with Crippen molar-refractivity contribution in [1.82, 2.24) is 4.90 Å². The van der Waals surface area contributed by atoms with E-state index in [1.807, 2.05) is 18.2 Å². The zero-order valence-corrected chi connectivity index (χ0v) is 13.4. The fourth-order valence-corrected chi connectivity index (χ4v) is 2.50. The van der Waals surface area contributed by atoms with Crippen molar-refractivity contribution in [3.8, 4) is 5.75 Å². The Kier molecular flexibility index (Phi) is 6.17. The quantitative estimate of drug-likeness (QED) is 0.724. The number of hydrogen-bond donors (Lipinski definition) is 3. The van der Waals surface area contributed by atoms with Crippen molar-refractivity contribution < 1.29 is 24.9 Å². The standard InChI is InChI=1S/C18H21NO5/c1-24-15-9-7-14(8-10-15)17(21)16(12-20)19(18(22)23)11-13-5-3-2-4-6-13/h2-10,16-17,20-21H,11-12H2,1H3,(H,22,23)/t16-,17-/m1/s1. The van der Waals surface area contributed by atoms with Crippen LogP contribution in [-0.2, 0) is 6.54 Å². The normalized spacial score (nSPS) is 13.1. The van der Waals surface area contributed by atoms with Gasteiger partial charge in [0, 0.05) is 6.54 Å². The lowest BCUT2D eigenvalue weighted by Crippen LogP contribution is -2.45. The zero-order valence-electron chi connectivity index (χ0n) is 13.4. The smallest absolute Gasteiger partial charge is 0.408 e. The number of ether oxygens (including phenoxy) is 1. The molecule has 2 aromatic carbocycles. The monoisotopic (exact) mass is 331 g/mol. The largest absolute Gasteiger partial charge is 0.497 e. The molecule has 0 bridgehead atoms. The van der Waals surface area contributed by atoms with Crippen LogP contribution in [0.1, 0.15) is 17.2 Å². The average molecular weight is 331 g/mol. The van der Waals surface area contributed by atoms with E-state index in [9.17, 15) is 20.1 Å².